The molecule has 3 fully saturated rings. The van der Waals surface area contributed by atoms with E-state index >= 15 is 0 Å². The zero-order chi connectivity index (χ0) is 20.7. The summed E-state index contributed by atoms with van der Waals surface area (Å²) in [4.78, 5) is 32.2. The molecule has 1 N–H and O–H groups in total. The largest absolute Gasteiger partial charge is 0.339 e. The first-order chi connectivity index (χ1) is 14.6. The Morgan fingerprint density at radius 1 is 1.00 bits per heavy atom. The zero-order valence-electron chi connectivity index (χ0n) is 17.4. The number of benzene rings is 2. The summed E-state index contributed by atoms with van der Waals surface area (Å²) in [5.74, 6) is 0.277. The Labute approximate surface area is 177 Å². The molecule has 0 unspecified atom stereocenters. The average molecular weight is 405 g/mol. The van der Waals surface area contributed by atoms with Crippen molar-refractivity contribution in [3.8, 4) is 0 Å². The predicted octanol–water partition coefficient (Wildman–Crippen LogP) is 2.25. The molecule has 3 saturated heterocycles. The van der Waals surface area contributed by atoms with Gasteiger partial charge in [0, 0.05) is 43.5 Å². The number of likely N-dealkylation sites (tertiary alicyclic amines) is 2. The molecular formula is C24H28N4O2. The van der Waals surface area contributed by atoms with Crippen molar-refractivity contribution in [3.05, 3.63) is 65.7 Å². The summed E-state index contributed by atoms with van der Waals surface area (Å²) in [6.07, 6.45) is 1.63. The van der Waals surface area contributed by atoms with Gasteiger partial charge in [-0.3, -0.25) is 14.5 Å². The molecule has 1 spiro atoms. The summed E-state index contributed by atoms with van der Waals surface area (Å²) in [5, 5.41) is 3.06. The first kappa shape index (κ1) is 19.1. The first-order valence-corrected chi connectivity index (χ1v) is 10.8. The van der Waals surface area contributed by atoms with Gasteiger partial charge in [-0.05, 0) is 43.5 Å². The van der Waals surface area contributed by atoms with Gasteiger partial charge < -0.3 is 15.1 Å². The highest BCUT2D eigenvalue weighted by Gasteiger charge is 2.51. The van der Waals surface area contributed by atoms with Gasteiger partial charge in [0.25, 0.3) is 5.91 Å². The molecule has 2 amide bonds. The lowest BCUT2D eigenvalue weighted by molar-refractivity contribution is -0.125. The number of piperidine rings is 1. The summed E-state index contributed by atoms with van der Waals surface area (Å²) in [6.45, 7) is 5.87. The monoisotopic (exact) mass is 404 g/mol. The molecule has 2 aromatic carbocycles. The Morgan fingerprint density at radius 2 is 1.67 bits per heavy atom. The maximum Gasteiger partial charge on any atom is 0.254 e. The van der Waals surface area contributed by atoms with Crippen LogP contribution in [0.3, 0.4) is 0 Å². The topological polar surface area (TPSA) is 55.9 Å². The lowest BCUT2D eigenvalue weighted by Crippen LogP contribution is -2.65. The van der Waals surface area contributed by atoms with E-state index in [2.05, 4.69) is 27.2 Å². The molecule has 0 aliphatic carbocycles. The molecular weight excluding hydrogens is 376 g/mol. The van der Waals surface area contributed by atoms with Crippen LogP contribution in [0.25, 0.3) is 0 Å². The van der Waals surface area contributed by atoms with E-state index in [0.717, 1.165) is 55.8 Å². The molecule has 0 atom stereocenters. The smallest absolute Gasteiger partial charge is 0.254 e. The highest BCUT2D eigenvalue weighted by Crippen LogP contribution is 2.37. The van der Waals surface area contributed by atoms with Gasteiger partial charge in [-0.1, -0.05) is 36.4 Å². The fraction of sp³-hybridized carbons (Fsp3) is 0.417. The van der Waals surface area contributed by atoms with E-state index in [1.807, 2.05) is 54.3 Å². The first-order valence-electron chi connectivity index (χ1n) is 10.8. The van der Waals surface area contributed by atoms with E-state index < -0.39 is 5.54 Å². The highest BCUT2D eigenvalue weighted by atomic mass is 16.2. The van der Waals surface area contributed by atoms with Crippen LogP contribution in [0.1, 0.15) is 28.8 Å². The molecule has 0 aromatic heterocycles. The predicted molar refractivity (Wildman–Crippen MR) is 116 cm³/mol. The minimum Gasteiger partial charge on any atom is -0.339 e. The molecule has 6 nitrogen and oxygen atoms in total. The van der Waals surface area contributed by atoms with Crippen molar-refractivity contribution >= 4 is 17.5 Å². The fourth-order valence-corrected chi connectivity index (χ4v) is 5.13. The number of para-hydroxylation sites is 1. The fourth-order valence-electron chi connectivity index (χ4n) is 5.13. The second-order valence-electron chi connectivity index (χ2n) is 8.67. The quantitative estimate of drug-likeness (QED) is 0.853. The normalized spacial score (nSPS) is 21.6. The molecule has 5 rings (SSSR count). The lowest BCUT2D eigenvalue weighted by atomic mass is 9.84. The Kier molecular flexibility index (Phi) is 4.74. The highest BCUT2D eigenvalue weighted by molar-refractivity contribution is 5.96. The number of nitrogens with one attached hydrogen (secondary N) is 1. The van der Waals surface area contributed by atoms with Gasteiger partial charge in [0.15, 0.2) is 0 Å². The average Bonchev–Trinajstić information content (AvgIpc) is 3.05. The van der Waals surface area contributed by atoms with Crippen LogP contribution in [0.4, 0.5) is 5.69 Å². The van der Waals surface area contributed by atoms with Crippen molar-refractivity contribution in [2.24, 2.45) is 0 Å². The van der Waals surface area contributed by atoms with Gasteiger partial charge in [-0.25, -0.2) is 0 Å². The van der Waals surface area contributed by atoms with Gasteiger partial charge in [0.1, 0.15) is 5.54 Å². The lowest BCUT2D eigenvalue weighted by Gasteiger charge is -2.50. The van der Waals surface area contributed by atoms with E-state index in [0.29, 0.717) is 12.7 Å². The van der Waals surface area contributed by atoms with E-state index in [4.69, 9.17) is 0 Å². The van der Waals surface area contributed by atoms with Gasteiger partial charge in [0.2, 0.25) is 5.91 Å². The second-order valence-corrected chi connectivity index (χ2v) is 8.67. The number of rotatable bonds is 3. The number of hydrogen-bond donors (Lipinski definition) is 1. The Morgan fingerprint density at radius 3 is 2.37 bits per heavy atom. The van der Waals surface area contributed by atoms with Crippen LogP contribution in [-0.2, 0) is 4.79 Å². The van der Waals surface area contributed by atoms with E-state index in [9.17, 15) is 9.59 Å². The van der Waals surface area contributed by atoms with E-state index in [1.165, 1.54) is 0 Å². The van der Waals surface area contributed by atoms with Crippen LogP contribution in [0.15, 0.2) is 54.6 Å². The zero-order valence-corrected chi connectivity index (χ0v) is 17.4. The number of carbonyl (C=O) groups excluding carboxylic acids is 2. The molecule has 6 heteroatoms. The van der Waals surface area contributed by atoms with Crippen LogP contribution in [0.5, 0.6) is 0 Å². The van der Waals surface area contributed by atoms with Crippen LogP contribution in [-0.4, -0.2) is 66.0 Å². The summed E-state index contributed by atoms with van der Waals surface area (Å²) in [5.41, 5.74) is 2.48. The standard InChI is InChI=1S/C24H28N4O2/c1-18-7-5-6-10-21(18)22(29)27-15-20(16-27)26-13-11-24(12-14-26)23(30)25-17-28(24)19-8-3-2-4-9-19/h2-10,20H,11-17H2,1H3,(H,25,30). The number of carbonyl (C=O) groups is 2. The summed E-state index contributed by atoms with van der Waals surface area (Å²) >= 11 is 0. The van der Waals surface area contributed by atoms with Gasteiger partial charge >= 0.3 is 0 Å². The number of amides is 2. The van der Waals surface area contributed by atoms with Crippen molar-refractivity contribution in [3.63, 3.8) is 0 Å². The SMILES string of the molecule is Cc1ccccc1C(=O)N1CC(N2CCC3(CC2)C(=O)NCN3c2ccccc2)C1. The van der Waals surface area contributed by atoms with Crippen molar-refractivity contribution in [1.29, 1.82) is 0 Å². The molecule has 0 bridgehead atoms. The molecule has 156 valence electrons. The van der Waals surface area contributed by atoms with Gasteiger partial charge in [0.05, 0.1) is 6.67 Å². The van der Waals surface area contributed by atoms with Crippen LogP contribution in [0, 0.1) is 6.92 Å². The number of hydrogen-bond acceptors (Lipinski definition) is 4. The molecule has 2 aromatic rings. The summed E-state index contributed by atoms with van der Waals surface area (Å²) in [6, 6.07) is 18.4. The van der Waals surface area contributed by atoms with Crippen molar-refractivity contribution in [1.82, 2.24) is 15.1 Å². The van der Waals surface area contributed by atoms with Crippen molar-refractivity contribution in [2.75, 3.05) is 37.7 Å². The minimum absolute atomic E-state index is 0.128. The second kappa shape index (κ2) is 7.43. The van der Waals surface area contributed by atoms with E-state index in [-0.39, 0.29) is 11.8 Å². The van der Waals surface area contributed by atoms with Crippen molar-refractivity contribution < 1.29 is 9.59 Å². The third kappa shape index (κ3) is 3.06. The Balaban J connectivity index is 1.21. The van der Waals surface area contributed by atoms with Crippen LogP contribution < -0.4 is 10.2 Å². The molecule has 3 aliphatic heterocycles. The third-order valence-corrected chi connectivity index (χ3v) is 7.07. The minimum atomic E-state index is -0.446. The summed E-state index contributed by atoms with van der Waals surface area (Å²) < 4.78 is 0. The van der Waals surface area contributed by atoms with Crippen molar-refractivity contribution in [2.45, 2.75) is 31.3 Å². The maximum atomic E-state index is 12.8. The molecule has 3 aliphatic rings. The molecule has 3 heterocycles. The number of anilines is 1. The van der Waals surface area contributed by atoms with Gasteiger partial charge in [-0.15, -0.1) is 0 Å². The van der Waals surface area contributed by atoms with Crippen LogP contribution in [0.2, 0.25) is 0 Å². The Hall–Kier alpha value is -2.86. The number of nitrogens with zero attached hydrogens (tertiary/aromatic N) is 3. The maximum absolute atomic E-state index is 12.8. The third-order valence-electron chi connectivity index (χ3n) is 7.07. The summed E-state index contributed by atoms with van der Waals surface area (Å²) in [7, 11) is 0. The van der Waals surface area contributed by atoms with Crippen LogP contribution >= 0.6 is 0 Å². The number of aryl methyl sites for hydroxylation is 1. The van der Waals surface area contributed by atoms with E-state index in [1.54, 1.807) is 0 Å². The Bertz CT molecular complexity index is 947. The molecule has 0 saturated carbocycles. The van der Waals surface area contributed by atoms with Gasteiger partial charge in [-0.2, -0.15) is 0 Å². The molecule has 0 radical (unpaired) electrons. The molecule has 30 heavy (non-hydrogen) atoms.